The summed E-state index contributed by atoms with van der Waals surface area (Å²) >= 11 is 0. The summed E-state index contributed by atoms with van der Waals surface area (Å²) in [6.07, 6.45) is -1.38. The van der Waals surface area contributed by atoms with Crippen LogP contribution in [0.3, 0.4) is 0 Å². The molecule has 1 saturated carbocycles. The van der Waals surface area contributed by atoms with Crippen LogP contribution in [-0.2, 0) is 0 Å². The van der Waals surface area contributed by atoms with E-state index in [9.17, 15) is 13.2 Å². The molecule has 1 rings (SSSR count). The predicted molar refractivity (Wildman–Crippen MR) is 59.8 cm³/mol. The second-order valence-electron chi connectivity index (χ2n) is 4.59. The van der Waals surface area contributed by atoms with Gasteiger partial charge in [-0.05, 0) is 25.8 Å². The minimum Gasteiger partial charge on any atom is -0.395 e. The van der Waals surface area contributed by atoms with Gasteiger partial charge in [0.05, 0.1) is 13.2 Å². The van der Waals surface area contributed by atoms with E-state index in [0.717, 1.165) is 12.8 Å². The van der Waals surface area contributed by atoms with Crippen molar-refractivity contribution in [3.8, 4) is 0 Å². The van der Waals surface area contributed by atoms with Crippen molar-refractivity contribution in [1.29, 1.82) is 0 Å². The summed E-state index contributed by atoms with van der Waals surface area (Å²) in [6.45, 7) is 1.57. The number of aliphatic hydroxyl groups is 1. The van der Waals surface area contributed by atoms with Crippen molar-refractivity contribution in [2.24, 2.45) is 0 Å². The molecule has 1 fully saturated rings. The molecule has 0 heterocycles. The van der Waals surface area contributed by atoms with Gasteiger partial charge in [-0.2, -0.15) is 13.2 Å². The molecule has 0 aromatic carbocycles. The second-order valence-corrected chi connectivity index (χ2v) is 4.59. The zero-order valence-electron chi connectivity index (χ0n) is 10.1. The normalized spacial score (nSPS) is 18.7. The molecule has 0 aromatic heterocycles. The highest BCUT2D eigenvalue weighted by molar-refractivity contribution is 4.85. The predicted octanol–water partition coefficient (Wildman–Crippen LogP) is 1.37. The van der Waals surface area contributed by atoms with Crippen LogP contribution in [0.1, 0.15) is 26.2 Å². The molecule has 102 valence electrons. The van der Waals surface area contributed by atoms with Crippen LogP contribution in [0.4, 0.5) is 13.2 Å². The number of aliphatic hydroxyl groups excluding tert-OH is 1. The molecule has 0 radical (unpaired) electrons. The fourth-order valence-electron chi connectivity index (χ4n) is 1.75. The summed E-state index contributed by atoms with van der Waals surface area (Å²) in [5.74, 6) is 0. The molecule has 1 aliphatic carbocycles. The van der Waals surface area contributed by atoms with Gasteiger partial charge in [-0.25, -0.2) is 0 Å². The Morgan fingerprint density at radius 3 is 2.47 bits per heavy atom. The Balaban J connectivity index is 2.24. The van der Waals surface area contributed by atoms with Crippen molar-refractivity contribution in [2.45, 2.75) is 44.4 Å². The Labute approximate surface area is 100.0 Å². The van der Waals surface area contributed by atoms with Crippen LogP contribution in [0.25, 0.3) is 0 Å². The molecule has 1 atom stereocenters. The third-order valence-corrected chi connectivity index (χ3v) is 2.91. The Morgan fingerprint density at radius 2 is 2.06 bits per heavy atom. The number of alkyl halides is 3. The van der Waals surface area contributed by atoms with E-state index < -0.39 is 12.7 Å². The number of hydrogen-bond acceptors (Lipinski definition) is 3. The molecule has 0 amide bonds. The number of hydrogen-bond donors (Lipinski definition) is 2. The summed E-state index contributed by atoms with van der Waals surface area (Å²) in [5, 5.41) is 12.3. The molecular formula is C11H21F3N2O. The molecular weight excluding hydrogens is 233 g/mol. The summed E-state index contributed by atoms with van der Waals surface area (Å²) in [5.41, 5.74) is 0. The molecule has 0 spiro atoms. The highest BCUT2D eigenvalue weighted by Gasteiger charge is 2.30. The molecule has 17 heavy (non-hydrogen) atoms. The standard InChI is InChI=1S/C11H21F3N2O/c1-2-16(8-11(12,13)14)6-5-10(7-17)15-9-3-4-9/h9-10,15,17H,2-8H2,1H3. The Hall–Kier alpha value is -0.330. The molecule has 2 N–H and O–H groups in total. The number of nitrogens with one attached hydrogen (secondary N) is 1. The molecule has 0 saturated heterocycles. The molecule has 6 heteroatoms. The maximum atomic E-state index is 12.2. The van der Waals surface area contributed by atoms with Crippen LogP contribution in [0, 0.1) is 0 Å². The lowest BCUT2D eigenvalue weighted by Crippen LogP contribution is -2.40. The lowest BCUT2D eigenvalue weighted by Gasteiger charge is -2.24. The Bertz CT molecular complexity index is 219. The molecule has 1 aliphatic rings. The summed E-state index contributed by atoms with van der Waals surface area (Å²) in [7, 11) is 0. The Kier molecular flexibility index (Phi) is 5.69. The minimum absolute atomic E-state index is 0.0138. The van der Waals surface area contributed by atoms with Crippen LogP contribution >= 0.6 is 0 Å². The Morgan fingerprint density at radius 1 is 1.41 bits per heavy atom. The van der Waals surface area contributed by atoms with Gasteiger partial charge in [0, 0.05) is 18.6 Å². The van der Waals surface area contributed by atoms with E-state index in [0.29, 0.717) is 25.6 Å². The van der Waals surface area contributed by atoms with Crippen LogP contribution in [0.15, 0.2) is 0 Å². The fourth-order valence-corrected chi connectivity index (χ4v) is 1.75. The summed E-state index contributed by atoms with van der Waals surface area (Å²) in [4.78, 5) is 1.36. The maximum Gasteiger partial charge on any atom is 0.401 e. The van der Waals surface area contributed by atoms with Crippen molar-refractivity contribution in [3.63, 3.8) is 0 Å². The van der Waals surface area contributed by atoms with Crippen molar-refractivity contribution in [3.05, 3.63) is 0 Å². The van der Waals surface area contributed by atoms with Gasteiger partial charge in [-0.1, -0.05) is 6.92 Å². The van der Waals surface area contributed by atoms with Gasteiger partial charge in [0.1, 0.15) is 0 Å². The van der Waals surface area contributed by atoms with E-state index in [-0.39, 0.29) is 12.6 Å². The SMILES string of the molecule is CCN(CCC(CO)NC1CC1)CC(F)(F)F. The monoisotopic (exact) mass is 254 g/mol. The van der Waals surface area contributed by atoms with Gasteiger partial charge in [0.15, 0.2) is 0 Å². The zero-order chi connectivity index (χ0) is 12.9. The number of rotatable bonds is 8. The highest BCUT2D eigenvalue weighted by atomic mass is 19.4. The van der Waals surface area contributed by atoms with Crippen LogP contribution in [-0.4, -0.2) is 54.5 Å². The van der Waals surface area contributed by atoms with Gasteiger partial charge in [-0.15, -0.1) is 0 Å². The highest BCUT2D eigenvalue weighted by Crippen LogP contribution is 2.20. The minimum atomic E-state index is -4.14. The lowest BCUT2D eigenvalue weighted by molar-refractivity contribution is -0.145. The molecule has 0 aliphatic heterocycles. The summed E-state index contributed by atoms with van der Waals surface area (Å²) < 4.78 is 36.6. The lowest BCUT2D eigenvalue weighted by atomic mass is 10.2. The van der Waals surface area contributed by atoms with Gasteiger partial charge < -0.3 is 10.4 Å². The first kappa shape index (κ1) is 14.7. The van der Waals surface area contributed by atoms with Crippen molar-refractivity contribution < 1.29 is 18.3 Å². The first-order valence-corrected chi connectivity index (χ1v) is 6.10. The van der Waals surface area contributed by atoms with Gasteiger partial charge >= 0.3 is 6.18 Å². The van der Waals surface area contributed by atoms with Gasteiger partial charge in [-0.3, -0.25) is 4.90 Å². The van der Waals surface area contributed by atoms with Crippen LogP contribution in [0.5, 0.6) is 0 Å². The average Bonchev–Trinajstić information content (AvgIpc) is 3.04. The topological polar surface area (TPSA) is 35.5 Å². The first-order chi connectivity index (χ1) is 7.94. The van der Waals surface area contributed by atoms with Crippen molar-refractivity contribution >= 4 is 0 Å². The van der Waals surface area contributed by atoms with E-state index in [4.69, 9.17) is 5.11 Å². The van der Waals surface area contributed by atoms with Crippen LogP contribution in [0.2, 0.25) is 0 Å². The van der Waals surface area contributed by atoms with E-state index in [2.05, 4.69) is 5.32 Å². The summed E-state index contributed by atoms with van der Waals surface area (Å²) in [6, 6.07) is 0.384. The van der Waals surface area contributed by atoms with Crippen molar-refractivity contribution in [1.82, 2.24) is 10.2 Å². The van der Waals surface area contributed by atoms with Gasteiger partial charge in [0.25, 0.3) is 0 Å². The van der Waals surface area contributed by atoms with E-state index in [1.165, 1.54) is 4.90 Å². The van der Waals surface area contributed by atoms with E-state index in [1.807, 2.05) is 0 Å². The number of halogens is 3. The smallest absolute Gasteiger partial charge is 0.395 e. The molecule has 3 nitrogen and oxygen atoms in total. The number of nitrogens with zero attached hydrogens (tertiary/aromatic N) is 1. The molecule has 1 unspecified atom stereocenters. The molecule has 0 bridgehead atoms. The third-order valence-electron chi connectivity index (χ3n) is 2.91. The van der Waals surface area contributed by atoms with Crippen molar-refractivity contribution in [2.75, 3.05) is 26.2 Å². The first-order valence-electron chi connectivity index (χ1n) is 6.10. The van der Waals surface area contributed by atoms with E-state index >= 15 is 0 Å². The second kappa shape index (κ2) is 6.56. The molecule has 0 aromatic rings. The van der Waals surface area contributed by atoms with E-state index in [1.54, 1.807) is 6.92 Å². The zero-order valence-corrected chi connectivity index (χ0v) is 10.1. The largest absolute Gasteiger partial charge is 0.401 e. The third kappa shape index (κ3) is 6.85. The quantitative estimate of drug-likeness (QED) is 0.687. The average molecular weight is 254 g/mol. The van der Waals surface area contributed by atoms with Gasteiger partial charge in [0.2, 0.25) is 0 Å². The van der Waals surface area contributed by atoms with Crippen LogP contribution < -0.4 is 5.32 Å². The fraction of sp³-hybridized carbons (Fsp3) is 1.00. The maximum absolute atomic E-state index is 12.2.